The molecule has 9 heteroatoms. The molecule has 4 nitrogen and oxygen atoms in total. The minimum atomic E-state index is -4.49. The summed E-state index contributed by atoms with van der Waals surface area (Å²) in [5.74, 6) is -2.56. The molecule has 0 radical (unpaired) electrons. The summed E-state index contributed by atoms with van der Waals surface area (Å²) in [6.45, 7) is 0. The number of halogens is 4. The fraction of sp³-hybridized carbons (Fsp3) is 0.118. The van der Waals surface area contributed by atoms with Gasteiger partial charge < -0.3 is 0 Å². The van der Waals surface area contributed by atoms with Crippen LogP contribution in [0.3, 0.4) is 0 Å². The number of nitrogens with two attached hydrogens (primary N) is 1. The first-order chi connectivity index (χ1) is 12.1. The summed E-state index contributed by atoms with van der Waals surface area (Å²) in [5.41, 5.74) is 1.18. The summed E-state index contributed by atoms with van der Waals surface area (Å²) in [5, 5.41) is 5.03. The highest BCUT2D eigenvalue weighted by Gasteiger charge is 2.40. The fourth-order valence-electron chi connectivity index (χ4n) is 2.64. The van der Waals surface area contributed by atoms with Crippen LogP contribution in [0.2, 0.25) is 0 Å². The molecule has 1 aromatic heterocycles. The van der Waals surface area contributed by atoms with Crippen LogP contribution in [-0.2, 0) is 10.0 Å². The van der Waals surface area contributed by atoms with Crippen molar-refractivity contribution in [3.8, 4) is 0 Å². The number of primary sulfonamides is 1. The number of benzene rings is 1. The van der Waals surface area contributed by atoms with E-state index in [1.165, 1.54) is 30.3 Å². The zero-order valence-electron chi connectivity index (χ0n) is 13.0. The van der Waals surface area contributed by atoms with Crippen LogP contribution in [0.4, 0.5) is 17.6 Å². The molecule has 2 N–H and O–H groups in total. The quantitative estimate of drug-likeness (QED) is 0.650. The average molecular weight is 384 g/mol. The van der Waals surface area contributed by atoms with Gasteiger partial charge in [-0.25, -0.2) is 18.5 Å². The number of hydrogen-bond acceptors (Lipinski definition) is 3. The Morgan fingerprint density at radius 1 is 0.923 bits per heavy atom. The van der Waals surface area contributed by atoms with E-state index in [-0.39, 0.29) is 16.0 Å². The summed E-state index contributed by atoms with van der Waals surface area (Å²) in [7, 11) is -3.91. The van der Waals surface area contributed by atoms with Crippen LogP contribution in [0.25, 0.3) is 11.1 Å². The summed E-state index contributed by atoms with van der Waals surface area (Å²) >= 11 is 0. The number of hydrogen-bond donors (Lipinski definition) is 1. The Morgan fingerprint density at radius 2 is 1.46 bits per heavy atom. The summed E-state index contributed by atoms with van der Waals surface area (Å²) < 4.78 is 75.2. The van der Waals surface area contributed by atoms with Crippen molar-refractivity contribution in [2.24, 2.45) is 11.1 Å². The highest BCUT2D eigenvalue weighted by atomic mass is 32.2. The lowest BCUT2D eigenvalue weighted by molar-refractivity contribution is -0.148. The van der Waals surface area contributed by atoms with Gasteiger partial charge in [0.15, 0.2) is 0 Å². The molecule has 26 heavy (non-hydrogen) atoms. The van der Waals surface area contributed by atoms with E-state index in [0.29, 0.717) is 11.1 Å². The Labute approximate surface area is 146 Å². The molecule has 0 saturated carbocycles. The van der Waals surface area contributed by atoms with Gasteiger partial charge in [-0.15, -0.1) is 0 Å². The molecule has 2 aromatic rings. The van der Waals surface area contributed by atoms with Crippen molar-refractivity contribution >= 4 is 21.2 Å². The average Bonchev–Trinajstić information content (AvgIpc) is 3.00. The highest BCUT2D eigenvalue weighted by Crippen LogP contribution is 2.43. The fourth-order valence-corrected chi connectivity index (χ4v) is 3.15. The minimum Gasteiger partial charge on any atom is -0.228 e. The van der Waals surface area contributed by atoms with Crippen molar-refractivity contribution in [2.45, 2.75) is 11.1 Å². The number of alkyl halides is 3. The van der Waals surface area contributed by atoms with Crippen molar-refractivity contribution in [2.75, 3.05) is 0 Å². The van der Waals surface area contributed by atoms with Crippen molar-refractivity contribution in [1.29, 1.82) is 0 Å². The van der Waals surface area contributed by atoms with Gasteiger partial charge in [0.25, 0.3) is 0 Å². The lowest BCUT2D eigenvalue weighted by atomic mass is 9.96. The molecule has 0 saturated heterocycles. The third-order valence-electron chi connectivity index (χ3n) is 3.89. The maximum absolute atomic E-state index is 13.2. The van der Waals surface area contributed by atoms with Crippen LogP contribution in [0.15, 0.2) is 59.6 Å². The molecule has 0 spiro atoms. The summed E-state index contributed by atoms with van der Waals surface area (Å²) in [6.07, 6.45) is -1.28. The number of sulfonamides is 1. The predicted octanol–water partition coefficient (Wildman–Crippen LogP) is 3.53. The Bertz CT molecular complexity index is 993. The van der Waals surface area contributed by atoms with Crippen LogP contribution in [-0.4, -0.2) is 19.6 Å². The molecule has 1 aromatic carbocycles. The van der Waals surface area contributed by atoms with E-state index in [2.05, 4.69) is 4.98 Å². The highest BCUT2D eigenvalue weighted by molar-refractivity contribution is 7.89. The lowest BCUT2D eigenvalue weighted by Gasteiger charge is -2.10. The second-order valence-corrected chi connectivity index (χ2v) is 7.23. The summed E-state index contributed by atoms with van der Waals surface area (Å²) in [6, 6.07) is 7.56. The number of pyridine rings is 1. The first-order valence-electron chi connectivity index (χ1n) is 7.31. The molecule has 1 heterocycles. The topological polar surface area (TPSA) is 73.1 Å². The molecule has 0 fully saturated rings. The third-order valence-corrected chi connectivity index (χ3v) is 4.82. The molecule has 1 unspecified atom stereocenters. The molecule has 0 bridgehead atoms. The van der Waals surface area contributed by atoms with Crippen molar-refractivity contribution in [3.63, 3.8) is 0 Å². The lowest BCUT2D eigenvalue weighted by Crippen LogP contribution is -2.17. The largest absolute Gasteiger partial charge is 0.398 e. The predicted molar refractivity (Wildman–Crippen MR) is 87.5 cm³/mol. The number of nitrogens with zero attached hydrogens (tertiary/aromatic N) is 1. The van der Waals surface area contributed by atoms with E-state index < -0.39 is 28.1 Å². The molecule has 0 aliphatic heterocycles. The van der Waals surface area contributed by atoms with Crippen LogP contribution < -0.4 is 5.14 Å². The van der Waals surface area contributed by atoms with E-state index >= 15 is 0 Å². The van der Waals surface area contributed by atoms with E-state index in [4.69, 9.17) is 5.14 Å². The molecular formula is C17H12F4N2O2S. The van der Waals surface area contributed by atoms with E-state index in [9.17, 15) is 26.0 Å². The zero-order valence-corrected chi connectivity index (χ0v) is 13.9. The van der Waals surface area contributed by atoms with Crippen LogP contribution in [0.1, 0.15) is 11.1 Å². The SMILES string of the molecule is NS(=O)(=O)c1ccc(C2=CC(C(F)(F)F)C=C2c2ccc(F)nc2)cc1. The monoisotopic (exact) mass is 384 g/mol. The second-order valence-electron chi connectivity index (χ2n) is 5.67. The molecule has 0 amide bonds. The van der Waals surface area contributed by atoms with Gasteiger partial charge in [-0.3, -0.25) is 0 Å². The van der Waals surface area contributed by atoms with Gasteiger partial charge >= 0.3 is 6.18 Å². The molecule has 3 rings (SSSR count). The number of allylic oxidation sites excluding steroid dienone is 4. The van der Waals surface area contributed by atoms with Gasteiger partial charge in [-0.05, 0) is 41.0 Å². The van der Waals surface area contributed by atoms with Gasteiger partial charge in [0.05, 0.1) is 10.8 Å². The molecule has 1 aliphatic carbocycles. The molecular weight excluding hydrogens is 372 g/mol. The minimum absolute atomic E-state index is 0.152. The Kier molecular flexibility index (Phi) is 4.45. The number of aromatic nitrogens is 1. The Hall–Kier alpha value is -2.52. The van der Waals surface area contributed by atoms with Crippen LogP contribution >= 0.6 is 0 Å². The van der Waals surface area contributed by atoms with Crippen molar-refractivity contribution in [1.82, 2.24) is 4.98 Å². The normalized spacial score (nSPS) is 17.8. The maximum atomic E-state index is 13.2. The van der Waals surface area contributed by atoms with Gasteiger partial charge in [-0.2, -0.15) is 17.6 Å². The van der Waals surface area contributed by atoms with Gasteiger partial charge in [0, 0.05) is 11.8 Å². The van der Waals surface area contributed by atoms with E-state index in [1.54, 1.807) is 0 Å². The standard InChI is InChI=1S/C17H12F4N2O2S/c18-16-6-3-11(9-23-16)15-8-12(17(19,20)21)7-14(15)10-1-4-13(5-2-10)26(22,24)25/h1-9,12H,(H2,22,24,25). The van der Waals surface area contributed by atoms with E-state index in [1.807, 2.05) is 0 Å². The molecule has 1 atom stereocenters. The van der Waals surface area contributed by atoms with Gasteiger partial charge in [-0.1, -0.05) is 24.3 Å². The van der Waals surface area contributed by atoms with Crippen LogP contribution in [0.5, 0.6) is 0 Å². The maximum Gasteiger partial charge on any atom is 0.398 e. The van der Waals surface area contributed by atoms with Crippen molar-refractivity contribution in [3.05, 3.63) is 71.8 Å². The van der Waals surface area contributed by atoms with Crippen molar-refractivity contribution < 1.29 is 26.0 Å². The smallest absolute Gasteiger partial charge is 0.228 e. The van der Waals surface area contributed by atoms with Gasteiger partial charge in [0.1, 0.15) is 0 Å². The van der Waals surface area contributed by atoms with Crippen LogP contribution in [0, 0.1) is 11.9 Å². The summed E-state index contributed by atoms with van der Waals surface area (Å²) in [4.78, 5) is 3.32. The number of rotatable bonds is 3. The zero-order chi connectivity index (χ0) is 19.1. The molecule has 136 valence electrons. The first kappa shape index (κ1) is 18.3. The Morgan fingerprint density at radius 3 is 1.92 bits per heavy atom. The Balaban J connectivity index is 2.07. The van der Waals surface area contributed by atoms with E-state index in [0.717, 1.165) is 24.4 Å². The third kappa shape index (κ3) is 3.68. The first-order valence-corrected chi connectivity index (χ1v) is 8.86. The van der Waals surface area contributed by atoms with Gasteiger partial charge in [0.2, 0.25) is 16.0 Å². The second kappa shape index (κ2) is 6.33. The molecule has 1 aliphatic rings.